The van der Waals surface area contributed by atoms with Crippen molar-refractivity contribution in [2.45, 2.75) is 25.7 Å². The average molecular weight is 355 g/mol. The monoisotopic (exact) mass is 355 g/mol. The van der Waals surface area contributed by atoms with Crippen molar-refractivity contribution in [2.24, 2.45) is 0 Å². The number of hydrogen-bond acceptors (Lipinski definition) is 3. The zero-order chi connectivity index (χ0) is 18.4. The molecule has 0 unspecified atom stereocenters. The van der Waals surface area contributed by atoms with Crippen molar-refractivity contribution in [1.29, 1.82) is 0 Å². The molecule has 2 heterocycles. The van der Waals surface area contributed by atoms with E-state index in [0.29, 0.717) is 5.92 Å². The molecular weight excluding hydrogens is 334 g/mol. The van der Waals surface area contributed by atoms with Crippen LogP contribution >= 0.6 is 0 Å². The van der Waals surface area contributed by atoms with Crippen molar-refractivity contribution in [3.63, 3.8) is 0 Å². The summed E-state index contributed by atoms with van der Waals surface area (Å²) in [6.45, 7) is 2.09. The smallest absolute Gasteiger partial charge is 0.156 e. The second-order valence-corrected chi connectivity index (χ2v) is 7.25. The molecule has 0 amide bonds. The summed E-state index contributed by atoms with van der Waals surface area (Å²) < 4.78 is 5.30. The Morgan fingerprint density at radius 3 is 2.15 bits per heavy atom. The van der Waals surface area contributed by atoms with Crippen LogP contribution in [0, 0.1) is 6.92 Å². The van der Waals surface area contributed by atoms with Gasteiger partial charge in [0.25, 0.3) is 0 Å². The molecule has 1 fully saturated rings. The van der Waals surface area contributed by atoms with Gasteiger partial charge >= 0.3 is 0 Å². The van der Waals surface area contributed by atoms with E-state index in [4.69, 9.17) is 14.7 Å². The minimum Gasteiger partial charge on any atom is -0.497 e. The number of fused-ring (bicyclic) bond motifs is 1. The SMILES string of the molecule is COc1ccc(-c2nc3cc(C4CC4)[nH]c3nc2-c2ccc(C)cc2)cc1. The molecule has 0 saturated heterocycles. The van der Waals surface area contributed by atoms with Gasteiger partial charge in [-0.3, -0.25) is 0 Å². The number of rotatable bonds is 4. The first-order chi connectivity index (χ1) is 13.2. The van der Waals surface area contributed by atoms with Gasteiger partial charge in [0.15, 0.2) is 5.65 Å². The number of aromatic amines is 1. The zero-order valence-electron chi connectivity index (χ0n) is 15.5. The highest BCUT2D eigenvalue weighted by Gasteiger charge is 2.26. The summed E-state index contributed by atoms with van der Waals surface area (Å²) in [6.07, 6.45) is 2.51. The summed E-state index contributed by atoms with van der Waals surface area (Å²) in [4.78, 5) is 13.5. The number of nitrogens with zero attached hydrogens (tertiary/aromatic N) is 2. The molecule has 1 aliphatic rings. The second kappa shape index (κ2) is 6.23. The van der Waals surface area contributed by atoms with Gasteiger partial charge in [0.05, 0.1) is 18.5 Å². The normalized spacial score (nSPS) is 13.9. The third-order valence-electron chi connectivity index (χ3n) is 5.18. The number of nitrogens with one attached hydrogen (secondary N) is 1. The quantitative estimate of drug-likeness (QED) is 0.527. The number of aryl methyl sites for hydroxylation is 1. The molecule has 1 aliphatic carbocycles. The summed E-state index contributed by atoms with van der Waals surface area (Å²) in [7, 11) is 1.68. The molecule has 4 nitrogen and oxygen atoms in total. The first-order valence-corrected chi connectivity index (χ1v) is 9.33. The van der Waals surface area contributed by atoms with E-state index in [-0.39, 0.29) is 0 Å². The fourth-order valence-corrected chi connectivity index (χ4v) is 3.44. The van der Waals surface area contributed by atoms with Crippen molar-refractivity contribution >= 4 is 11.2 Å². The van der Waals surface area contributed by atoms with Gasteiger partial charge < -0.3 is 9.72 Å². The van der Waals surface area contributed by atoms with E-state index < -0.39 is 0 Å². The van der Waals surface area contributed by atoms with Crippen molar-refractivity contribution < 1.29 is 4.74 Å². The predicted octanol–water partition coefficient (Wildman–Crippen LogP) is 5.49. The van der Waals surface area contributed by atoms with Crippen LogP contribution in [0.4, 0.5) is 0 Å². The van der Waals surface area contributed by atoms with Crippen LogP contribution in [-0.2, 0) is 0 Å². The highest BCUT2D eigenvalue weighted by atomic mass is 16.5. The molecule has 0 atom stereocenters. The molecule has 5 rings (SSSR count). The lowest BCUT2D eigenvalue weighted by molar-refractivity contribution is 0.415. The van der Waals surface area contributed by atoms with Crippen LogP contribution in [0.3, 0.4) is 0 Å². The molecule has 0 radical (unpaired) electrons. The Hall–Kier alpha value is -3.14. The van der Waals surface area contributed by atoms with Crippen molar-refractivity contribution in [3.05, 3.63) is 65.9 Å². The molecule has 4 heteroatoms. The van der Waals surface area contributed by atoms with Crippen LogP contribution in [-0.4, -0.2) is 22.1 Å². The van der Waals surface area contributed by atoms with Crippen molar-refractivity contribution in [2.75, 3.05) is 7.11 Å². The largest absolute Gasteiger partial charge is 0.497 e. The third-order valence-corrected chi connectivity index (χ3v) is 5.18. The van der Waals surface area contributed by atoms with Crippen LogP contribution in [0.15, 0.2) is 54.6 Å². The Morgan fingerprint density at radius 2 is 1.52 bits per heavy atom. The van der Waals surface area contributed by atoms with Gasteiger partial charge in [-0.05, 0) is 56.0 Å². The number of methoxy groups -OCH3 is 1. The molecule has 0 aliphatic heterocycles. The van der Waals surface area contributed by atoms with Gasteiger partial charge in [-0.2, -0.15) is 0 Å². The lowest BCUT2D eigenvalue weighted by atomic mass is 10.0. The number of H-pyrrole nitrogens is 1. The standard InChI is InChI=1S/C23H21N3O/c1-14-3-5-16(6-4-14)22-21(17-9-11-18(27-2)12-10-17)24-20-13-19(15-7-8-15)25-23(20)26-22/h3-6,9-13,15H,7-8H2,1-2H3,(H,25,26). The van der Waals surface area contributed by atoms with E-state index in [0.717, 1.165) is 39.4 Å². The zero-order valence-corrected chi connectivity index (χ0v) is 15.5. The van der Waals surface area contributed by atoms with E-state index in [1.165, 1.54) is 24.1 Å². The highest BCUT2D eigenvalue weighted by Crippen LogP contribution is 2.41. The molecule has 2 aromatic carbocycles. The van der Waals surface area contributed by atoms with Crippen LogP contribution in [0.5, 0.6) is 5.75 Å². The van der Waals surface area contributed by atoms with Gasteiger partial charge in [0, 0.05) is 16.8 Å². The van der Waals surface area contributed by atoms with Crippen LogP contribution < -0.4 is 4.74 Å². The summed E-state index contributed by atoms with van der Waals surface area (Å²) in [5, 5.41) is 0. The molecule has 27 heavy (non-hydrogen) atoms. The third kappa shape index (κ3) is 2.97. The topological polar surface area (TPSA) is 50.8 Å². The van der Waals surface area contributed by atoms with Gasteiger partial charge in [-0.1, -0.05) is 29.8 Å². The average Bonchev–Trinajstić information content (AvgIpc) is 3.47. The Balaban J connectivity index is 1.71. The lowest BCUT2D eigenvalue weighted by Gasteiger charge is -2.10. The van der Waals surface area contributed by atoms with Crippen molar-refractivity contribution in [3.8, 4) is 28.3 Å². The number of aromatic nitrogens is 3. The Labute approximate surface area is 158 Å². The minimum absolute atomic E-state index is 0.647. The van der Waals surface area contributed by atoms with Crippen LogP contribution in [0.2, 0.25) is 0 Å². The minimum atomic E-state index is 0.647. The predicted molar refractivity (Wildman–Crippen MR) is 108 cm³/mol. The Bertz CT molecular complexity index is 1110. The van der Waals surface area contributed by atoms with E-state index >= 15 is 0 Å². The van der Waals surface area contributed by atoms with Gasteiger partial charge in [-0.15, -0.1) is 0 Å². The van der Waals surface area contributed by atoms with E-state index in [9.17, 15) is 0 Å². The maximum absolute atomic E-state index is 5.30. The van der Waals surface area contributed by atoms with E-state index in [1.54, 1.807) is 7.11 Å². The second-order valence-electron chi connectivity index (χ2n) is 7.25. The molecule has 0 bridgehead atoms. The summed E-state index contributed by atoms with van der Waals surface area (Å²) in [5.74, 6) is 1.48. The van der Waals surface area contributed by atoms with Crippen LogP contribution in [0.25, 0.3) is 33.7 Å². The molecule has 4 aromatic rings. The van der Waals surface area contributed by atoms with E-state index in [2.05, 4.69) is 42.2 Å². The summed E-state index contributed by atoms with van der Waals surface area (Å²) in [6, 6.07) is 18.6. The summed E-state index contributed by atoms with van der Waals surface area (Å²) >= 11 is 0. The van der Waals surface area contributed by atoms with Gasteiger partial charge in [0.2, 0.25) is 0 Å². The number of ether oxygens (including phenoxy) is 1. The summed E-state index contributed by atoms with van der Waals surface area (Å²) in [5.41, 5.74) is 8.19. The van der Waals surface area contributed by atoms with Gasteiger partial charge in [-0.25, -0.2) is 9.97 Å². The molecule has 0 spiro atoms. The highest BCUT2D eigenvalue weighted by molar-refractivity contribution is 5.85. The van der Waals surface area contributed by atoms with E-state index in [1.807, 2.05) is 24.3 Å². The Kier molecular flexibility index (Phi) is 3.71. The maximum atomic E-state index is 5.30. The fraction of sp³-hybridized carbons (Fsp3) is 0.217. The molecule has 1 N–H and O–H groups in total. The van der Waals surface area contributed by atoms with Gasteiger partial charge in [0.1, 0.15) is 11.3 Å². The first-order valence-electron chi connectivity index (χ1n) is 9.33. The first kappa shape index (κ1) is 16.1. The Morgan fingerprint density at radius 1 is 0.889 bits per heavy atom. The van der Waals surface area contributed by atoms with Crippen LogP contribution in [0.1, 0.15) is 30.0 Å². The molecular formula is C23H21N3O. The lowest BCUT2D eigenvalue weighted by Crippen LogP contribution is -1.95. The number of hydrogen-bond donors (Lipinski definition) is 1. The van der Waals surface area contributed by atoms with Crippen molar-refractivity contribution in [1.82, 2.24) is 15.0 Å². The molecule has 134 valence electrons. The number of benzene rings is 2. The fourth-order valence-electron chi connectivity index (χ4n) is 3.44. The molecule has 1 saturated carbocycles. The molecule has 2 aromatic heterocycles. The maximum Gasteiger partial charge on any atom is 0.156 e.